The van der Waals surface area contributed by atoms with E-state index in [0.717, 1.165) is 16.3 Å². The SMILES string of the molecule is Cc1nn([C@@H](C)c2ccc3ccccc3c2)c2c(=O)[nH]c(-n3cc(C(=O)O)cn3)nc12.S. The van der Waals surface area contributed by atoms with Crippen molar-refractivity contribution in [2.45, 2.75) is 19.9 Å². The monoisotopic (exact) mass is 448 g/mol. The van der Waals surface area contributed by atoms with Crippen LogP contribution in [0.25, 0.3) is 27.8 Å². The Morgan fingerprint density at radius 2 is 1.91 bits per heavy atom. The molecule has 9 nitrogen and oxygen atoms in total. The molecule has 5 rings (SSSR count). The average molecular weight is 449 g/mol. The maximum Gasteiger partial charge on any atom is 0.338 e. The average Bonchev–Trinajstić information content (AvgIpc) is 3.39. The van der Waals surface area contributed by atoms with Gasteiger partial charge in [0.15, 0.2) is 5.52 Å². The van der Waals surface area contributed by atoms with E-state index < -0.39 is 5.97 Å². The summed E-state index contributed by atoms with van der Waals surface area (Å²) in [4.78, 5) is 31.3. The predicted octanol–water partition coefficient (Wildman–Crippen LogP) is 3.19. The van der Waals surface area contributed by atoms with Gasteiger partial charge in [0.05, 0.1) is 23.5 Å². The molecule has 0 spiro atoms. The van der Waals surface area contributed by atoms with E-state index in [1.165, 1.54) is 17.1 Å². The Hall–Kier alpha value is -3.92. The van der Waals surface area contributed by atoms with Gasteiger partial charge in [-0.05, 0) is 36.2 Å². The minimum absolute atomic E-state index is 0. The van der Waals surface area contributed by atoms with Gasteiger partial charge in [-0.25, -0.2) is 14.5 Å². The minimum atomic E-state index is -1.11. The highest BCUT2D eigenvalue weighted by molar-refractivity contribution is 7.59. The van der Waals surface area contributed by atoms with Crippen molar-refractivity contribution in [1.82, 2.24) is 29.5 Å². The van der Waals surface area contributed by atoms with Gasteiger partial charge in [-0.2, -0.15) is 23.7 Å². The highest BCUT2D eigenvalue weighted by atomic mass is 32.1. The molecule has 2 aromatic carbocycles. The van der Waals surface area contributed by atoms with Crippen molar-refractivity contribution in [2.75, 3.05) is 0 Å². The van der Waals surface area contributed by atoms with Gasteiger partial charge in [-0.15, -0.1) is 0 Å². The summed E-state index contributed by atoms with van der Waals surface area (Å²) in [5.74, 6) is -0.978. The first-order valence-electron chi connectivity index (χ1n) is 9.68. The molecule has 5 aromatic rings. The van der Waals surface area contributed by atoms with Crippen LogP contribution >= 0.6 is 13.5 Å². The highest BCUT2D eigenvalue weighted by Gasteiger charge is 2.20. The van der Waals surface area contributed by atoms with Gasteiger partial charge in [-0.3, -0.25) is 14.5 Å². The van der Waals surface area contributed by atoms with Gasteiger partial charge in [0.25, 0.3) is 5.56 Å². The number of aryl methyl sites for hydroxylation is 1. The molecular formula is C22H20N6O3S. The summed E-state index contributed by atoms with van der Waals surface area (Å²) in [6.45, 7) is 3.77. The lowest BCUT2D eigenvalue weighted by Crippen LogP contribution is -2.18. The Balaban J connectivity index is 0.00000245. The highest BCUT2D eigenvalue weighted by Crippen LogP contribution is 2.25. The molecule has 1 atom stereocenters. The Morgan fingerprint density at radius 1 is 1.16 bits per heavy atom. The lowest BCUT2D eigenvalue weighted by atomic mass is 10.0. The minimum Gasteiger partial charge on any atom is -0.478 e. The van der Waals surface area contributed by atoms with E-state index in [4.69, 9.17) is 5.11 Å². The second-order valence-corrected chi connectivity index (χ2v) is 7.38. The molecule has 10 heteroatoms. The molecule has 162 valence electrons. The normalized spacial score (nSPS) is 12.1. The summed E-state index contributed by atoms with van der Waals surface area (Å²) in [6.07, 6.45) is 2.49. The van der Waals surface area contributed by atoms with Crippen LogP contribution in [-0.4, -0.2) is 40.6 Å². The summed E-state index contributed by atoms with van der Waals surface area (Å²) in [5, 5.41) is 19.9. The lowest BCUT2D eigenvalue weighted by molar-refractivity contribution is 0.0697. The topological polar surface area (TPSA) is 119 Å². The quantitative estimate of drug-likeness (QED) is 0.436. The van der Waals surface area contributed by atoms with E-state index in [1.54, 1.807) is 11.6 Å². The van der Waals surface area contributed by atoms with Crippen molar-refractivity contribution in [1.29, 1.82) is 0 Å². The van der Waals surface area contributed by atoms with Crippen molar-refractivity contribution >= 4 is 41.3 Å². The lowest BCUT2D eigenvalue weighted by Gasteiger charge is -2.14. The molecule has 0 aliphatic heterocycles. The Bertz CT molecular complexity index is 1530. The van der Waals surface area contributed by atoms with E-state index in [0.29, 0.717) is 16.7 Å². The number of nitrogens with zero attached hydrogens (tertiary/aromatic N) is 5. The second kappa shape index (κ2) is 7.97. The number of H-pyrrole nitrogens is 1. The third-order valence-corrected chi connectivity index (χ3v) is 5.38. The maximum atomic E-state index is 13.0. The van der Waals surface area contributed by atoms with Crippen LogP contribution in [0.5, 0.6) is 0 Å². The van der Waals surface area contributed by atoms with Crippen LogP contribution < -0.4 is 5.56 Å². The number of hydrogen-bond donors (Lipinski definition) is 2. The fourth-order valence-electron chi connectivity index (χ4n) is 3.73. The number of fused-ring (bicyclic) bond motifs is 2. The molecule has 0 amide bonds. The zero-order valence-electron chi connectivity index (χ0n) is 17.3. The van der Waals surface area contributed by atoms with Crippen molar-refractivity contribution in [2.24, 2.45) is 0 Å². The van der Waals surface area contributed by atoms with Crippen molar-refractivity contribution in [3.8, 4) is 5.95 Å². The van der Waals surface area contributed by atoms with Gasteiger partial charge >= 0.3 is 5.97 Å². The molecule has 3 heterocycles. The number of carbonyl (C=O) groups is 1. The fraction of sp³-hybridized carbons (Fsp3) is 0.136. The fourth-order valence-corrected chi connectivity index (χ4v) is 3.73. The molecule has 0 unspecified atom stereocenters. The number of carboxylic acid groups (broad SMARTS) is 1. The van der Waals surface area contributed by atoms with E-state index in [-0.39, 0.29) is 36.6 Å². The van der Waals surface area contributed by atoms with Crippen LogP contribution in [0.2, 0.25) is 0 Å². The van der Waals surface area contributed by atoms with Crippen molar-refractivity contribution in [3.05, 3.63) is 82.0 Å². The van der Waals surface area contributed by atoms with Crippen LogP contribution in [0.1, 0.15) is 34.6 Å². The van der Waals surface area contributed by atoms with Crippen LogP contribution in [0.4, 0.5) is 0 Å². The molecule has 0 aliphatic rings. The van der Waals surface area contributed by atoms with Gasteiger partial charge in [-0.1, -0.05) is 36.4 Å². The zero-order valence-corrected chi connectivity index (χ0v) is 18.3. The smallest absolute Gasteiger partial charge is 0.338 e. The second-order valence-electron chi connectivity index (χ2n) is 7.38. The summed E-state index contributed by atoms with van der Waals surface area (Å²) in [6, 6.07) is 14.1. The van der Waals surface area contributed by atoms with Crippen LogP contribution in [-0.2, 0) is 0 Å². The first-order valence-corrected chi connectivity index (χ1v) is 9.68. The Labute approximate surface area is 188 Å². The number of carboxylic acids is 1. The van der Waals surface area contributed by atoms with Crippen LogP contribution in [0.3, 0.4) is 0 Å². The summed E-state index contributed by atoms with van der Waals surface area (Å²) >= 11 is 0. The van der Waals surface area contributed by atoms with Gasteiger partial charge in [0, 0.05) is 6.20 Å². The number of hydrogen-bond acceptors (Lipinski definition) is 5. The zero-order chi connectivity index (χ0) is 21.7. The molecule has 0 saturated heterocycles. The Morgan fingerprint density at radius 3 is 2.62 bits per heavy atom. The molecule has 3 aromatic heterocycles. The first kappa shape index (κ1) is 21.3. The maximum absolute atomic E-state index is 13.0. The molecule has 0 bridgehead atoms. The summed E-state index contributed by atoms with van der Waals surface area (Å²) in [5.41, 5.74) is 2.04. The van der Waals surface area contributed by atoms with Gasteiger partial charge in [0.1, 0.15) is 5.52 Å². The molecule has 0 saturated carbocycles. The van der Waals surface area contributed by atoms with Crippen molar-refractivity contribution in [3.63, 3.8) is 0 Å². The number of aromatic amines is 1. The largest absolute Gasteiger partial charge is 0.478 e. The number of aromatic nitrogens is 6. The number of aromatic carboxylic acids is 1. The number of rotatable bonds is 4. The van der Waals surface area contributed by atoms with E-state index in [2.05, 4.69) is 38.4 Å². The predicted molar refractivity (Wildman–Crippen MR) is 125 cm³/mol. The summed E-state index contributed by atoms with van der Waals surface area (Å²) < 4.78 is 2.91. The first-order chi connectivity index (χ1) is 14.9. The third kappa shape index (κ3) is 3.44. The number of nitrogens with one attached hydrogen (secondary N) is 1. The van der Waals surface area contributed by atoms with Crippen molar-refractivity contribution < 1.29 is 9.90 Å². The third-order valence-electron chi connectivity index (χ3n) is 5.38. The molecular weight excluding hydrogens is 428 g/mol. The van der Waals surface area contributed by atoms with Gasteiger partial charge in [0.2, 0.25) is 5.95 Å². The molecule has 32 heavy (non-hydrogen) atoms. The number of benzene rings is 2. The summed E-state index contributed by atoms with van der Waals surface area (Å²) in [7, 11) is 0. The van der Waals surface area contributed by atoms with Gasteiger partial charge < -0.3 is 5.11 Å². The molecule has 0 fully saturated rings. The molecule has 0 aliphatic carbocycles. The molecule has 2 N–H and O–H groups in total. The van der Waals surface area contributed by atoms with Crippen LogP contribution in [0, 0.1) is 6.92 Å². The molecule has 0 radical (unpaired) electrons. The Kier molecular flexibility index (Phi) is 5.31. The standard InChI is InChI=1S/C22H18N6O3.H2S/c1-12-18-19(20(29)25-22(24-18)27-11-17(10-23-27)21(30)31)28(26-12)13(2)15-8-7-14-5-3-4-6-16(14)9-15;/h3-11,13H,1-2H3,(H,30,31)(H,24,25,29);1H2/t13-;/m0./s1. The van der Waals surface area contributed by atoms with E-state index in [1.807, 2.05) is 31.2 Å². The van der Waals surface area contributed by atoms with E-state index in [9.17, 15) is 9.59 Å². The van der Waals surface area contributed by atoms with Crippen LogP contribution in [0.15, 0.2) is 59.7 Å². The van der Waals surface area contributed by atoms with E-state index >= 15 is 0 Å².